The van der Waals surface area contributed by atoms with Gasteiger partial charge >= 0.3 is 0 Å². The predicted molar refractivity (Wildman–Crippen MR) is 52.3 cm³/mol. The Hall–Kier alpha value is -0.130. The van der Waals surface area contributed by atoms with Crippen LogP contribution in [0.3, 0.4) is 0 Å². The number of hydrogen-bond donors (Lipinski definition) is 2. The number of nitrogens with two attached hydrogens (primary N) is 1. The first-order valence-electron chi connectivity index (χ1n) is 4.73. The van der Waals surface area contributed by atoms with Crippen LogP contribution in [0.4, 0.5) is 0 Å². The van der Waals surface area contributed by atoms with Crippen LogP contribution < -0.4 is 9.86 Å². The van der Waals surface area contributed by atoms with Gasteiger partial charge in [0.2, 0.25) is 0 Å². The molecule has 0 unspecified atom stereocenters. The van der Waals surface area contributed by atoms with Crippen LogP contribution in [0.2, 0.25) is 0 Å². The maximum Gasteiger partial charge on any atom is 0.274 e. The second-order valence-electron chi connectivity index (χ2n) is 4.12. The summed E-state index contributed by atoms with van der Waals surface area (Å²) < 4.78 is 24.3. The van der Waals surface area contributed by atoms with Crippen molar-refractivity contribution in [1.82, 2.24) is 4.72 Å². The SMILES string of the molecule is CC1(NS(N)(=O)=O)CCCCCC1. The van der Waals surface area contributed by atoms with Crippen molar-refractivity contribution in [1.29, 1.82) is 0 Å². The van der Waals surface area contributed by atoms with Gasteiger partial charge in [-0.3, -0.25) is 0 Å². The van der Waals surface area contributed by atoms with Gasteiger partial charge in [-0.15, -0.1) is 0 Å². The highest BCUT2D eigenvalue weighted by Gasteiger charge is 2.28. The molecule has 0 aromatic carbocycles. The molecule has 0 aromatic rings. The maximum atomic E-state index is 10.9. The van der Waals surface area contributed by atoms with Crippen LogP contribution >= 0.6 is 0 Å². The normalized spacial score (nSPS) is 23.8. The van der Waals surface area contributed by atoms with Crippen LogP contribution in [0.15, 0.2) is 0 Å². The van der Waals surface area contributed by atoms with E-state index < -0.39 is 10.2 Å². The van der Waals surface area contributed by atoms with Gasteiger partial charge in [-0.2, -0.15) is 13.1 Å². The highest BCUT2D eigenvalue weighted by molar-refractivity contribution is 7.87. The fourth-order valence-electron chi connectivity index (χ4n) is 1.95. The van der Waals surface area contributed by atoms with Gasteiger partial charge in [0.05, 0.1) is 0 Å². The molecule has 4 nitrogen and oxygen atoms in total. The molecule has 78 valence electrons. The summed E-state index contributed by atoms with van der Waals surface area (Å²) in [6.07, 6.45) is 6.34. The first-order chi connectivity index (χ1) is 5.91. The van der Waals surface area contributed by atoms with Crippen LogP contribution in [0.1, 0.15) is 45.4 Å². The molecule has 0 amide bonds. The number of rotatable bonds is 2. The van der Waals surface area contributed by atoms with E-state index >= 15 is 0 Å². The van der Waals surface area contributed by atoms with Gasteiger partial charge in [-0.25, -0.2) is 5.14 Å². The monoisotopic (exact) mass is 206 g/mol. The summed E-state index contributed by atoms with van der Waals surface area (Å²) in [5.41, 5.74) is -0.315. The summed E-state index contributed by atoms with van der Waals surface area (Å²) >= 11 is 0. The van der Waals surface area contributed by atoms with Crippen molar-refractivity contribution >= 4 is 10.2 Å². The van der Waals surface area contributed by atoms with Gasteiger partial charge in [-0.1, -0.05) is 25.7 Å². The number of nitrogens with one attached hydrogen (secondary N) is 1. The summed E-state index contributed by atoms with van der Waals surface area (Å²) in [6, 6.07) is 0. The second-order valence-corrected chi connectivity index (χ2v) is 5.42. The van der Waals surface area contributed by atoms with Crippen molar-refractivity contribution in [2.24, 2.45) is 5.14 Å². The molecule has 1 fully saturated rings. The van der Waals surface area contributed by atoms with Gasteiger partial charge in [-0.05, 0) is 19.8 Å². The molecule has 13 heavy (non-hydrogen) atoms. The largest absolute Gasteiger partial charge is 0.274 e. The summed E-state index contributed by atoms with van der Waals surface area (Å²) in [6.45, 7) is 1.93. The standard InChI is InChI=1S/C8H18N2O2S/c1-8(10-13(9,11)12)6-4-2-3-5-7-8/h10H,2-7H2,1H3,(H2,9,11,12). The number of hydrogen-bond acceptors (Lipinski definition) is 2. The highest BCUT2D eigenvalue weighted by atomic mass is 32.2. The molecule has 0 bridgehead atoms. The summed E-state index contributed by atoms with van der Waals surface area (Å²) in [4.78, 5) is 0. The Bertz CT molecular complexity index is 253. The third-order valence-electron chi connectivity index (χ3n) is 2.60. The minimum atomic E-state index is -3.55. The lowest BCUT2D eigenvalue weighted by Crippen LogP contribution is -2.48. The van der Waals surface area contributed by atoms with Crippen molar-refractivity contribution in [3.8, 4) is 0 Å². The molecule has 0 atom stereocenters. The van der Waals surface area contributed by atoms with E-state index in [0.29, 0.717) is 0 Å². The molecule has 1 aliphatic rings. The lowest BCUT2D eigenvalue weighted by molar-refractivity contribution is 0.366. The van der Waals surface area contributed by atoms with Crippen molar-refractivity contribution in [3.63, 3.8) is 0 Å². The maximum absolute atomic E-state index is 10.9. The Morgan fingerprint density at radius 1 is 1.15 bits per heavy atom. The Morgan fingerprint density at radius 3 is 2.00 bits per heavy atom. The quantitative estimate of drug-likeness (QED) is 0.659. The fraction of sp³-hybridized carbons (Fsp3) is 1.00. The van der Waals surface area contributed by atoms with Crippen molar-refractivity contribution in [2.45, 2.75) is 51.0 Å². The molecule has 5 heteroatoms. The first-order valence-corrected chi connectivity index (χ1v) is 6.28. The smallest absolute Gasteiger partial charge is 0.216 e. The molecule has 0 aliphatic heterocycles. The van der Waals surface area contributed by atoms with Gasteiger partial charge < -0.3 is 0 Å². The first kappa shape index (κ1) is 10.9. The van der Waals surface area contributed by atoms with E-state index in [1.165, 1.54) is 12.8 Å². The fourth-order valence-corrected chi connectivity index (χ4v) is 2.85. The molecule has 0 heterocycles. The molecule has 1 rings (SSSR count). The van der Waals surface area contributed by atoms with E-state index in [0.717, 1.165) is 25.7 Å². The van der Waals surface area contributed by atoms with E-state index in [1.54, 1.807) is 0 Å². The second kappa shape index (κ2) is 3.94. The van der Waals surface area contributed by atoms with E-state index in [9.17, 15) is 8.42 Å². The third kappa shape index (κ3) is 4.06. The average molecular weight is 206 g/mol. The van der Waals surface area contributed by atoms with E-state index in [2.05, 4.69) is 4.72 Å². The lowest BCUT2D eigenvalue weighted by Gasteiger charge is -2.27. The Morgan fingerprint density at radius 2 is 1.62 bits per heavy atom. The molecular weight excluding hydrogens is 188 g/mol. The van der Waals surface area contributed by atoms with Crippen molar-refractivity contribution in [3.05, 3.63) is 0 Å². The van der Waals surface area contributed by atoms with Crippen LogP contribution in [-0.4, -0.2) is 14.0 Å². The van der Waals surface area contributed by atoms with Gasteiger partial charge in [0, 0.05) is 5.54 Å². The highest BCUT2D eigenvalue weighted by Crippen LogP contribution is 2.26. The summed E-state index contributed by atoms with van der Waals surface area (Å²) in [5.74, 6) is 0. The van der Waals surface area contributed by atoms with Gasteiger partial charge in [0.25, 0.3) is 10.2 Å². The molecule has 1 saturated carbocycles. The van der Waals surface area contributed by atoms with Crippen molar-refractivity contribution in [2.75, 3.05) is 0 Å². The minimum absolute atomic E-state index is 0.315. The van der Waals surface area contributed by atoms with E-state index in [4.69, 9.17) is 5.14 Å². The zero-order chi connectivity index (χ0) is 9.95. The molecule has 0 aromatic heterocycles. The Labute approximate surface area is 80.1 Å². The zero-order valence-corrected chi connectivity index (χ0v) is 8.86. The molecule has 3 N–H and O–H groups in total. The molecular formula is C8H18N2O2S. The Balaban J connectivity index is 2.62. The van der Waals surface area contributed by atoms with Crippen LogP contribution in [-0.2, 0) is 10.2 Å². The summed E-state index contributed by atoms with van der Waals surface area (Å²) in [7, 11) is -3.55. The van der Waals surface area contributed by atoms with Gasteiger partial charge in [0.1, 0.15) is 0 Å². The topological polar surface area (TPSA) is 72.2 Å². The Kier molecular flexibility index (Phi) is 3.32. The van der Waals surface area contributed by atoms with E-state index in [-0.39, 0.29) is 5.54 Å². The molecule has 1 aliphatic carbocycles. The minimum Gasteiger partial charge on any atom is -0.216 e. The van der Waals surface area contributed by atoms with Crippen LogP contribution in [0.25, 0.3) is 0 Å². The van der Waals surface area contributed by atoms with Crippen LogP contribution in [0.5, 0.6) is 0 Å². The average Bonchev–Trinajstić information content (AvgIpc) is 2.09. The summed E-state index contributed by atoms with van der Waals surface area (Å²) in [5, 5.41) is 4.96. The van der Waals surface area contributed by atoms with Gasteiger partial charge in [0.15, 0.2) is 0 Å². The third-order valence-corrected chi connectivity index (χ3v) is 3.37. The molecule has 0 radical (unpaired) electrons. The zero-order valence-electron chi connectivity index (χ0n) is 8.04. The van der Waals surface area contributed by atoms with Crippen LogP contribution in [0, 0.1) is 0 Å². The lowest BCUT2D eigenvalue weighted by atomic mass is 9.94. The van der Waals surface area contributed by atoms with E-state index in [1.807, 2.05) is 6.92 Å². The molecule has 0 saturated heterocycles. The van der Waals surface area contributed by atoms with Crippen molar-refractivity contribution < 1.29 is 8.42 Å². The molecule has 0 spiro atoms. The predicted octanol–water partition coefficient (Wildman–Crippen LogP) is 0.892.